The molecule has 7 heteroatoms. The first-order chi connectivity index (χ1) is 10.1. The summed E-state index contributed by atoms with van der Waals surface area (Å²) >= 11 is 0. The number of ether oxygens (including phenoxy) is 1. The van der Waals surface area contributed by atoms with E-state index in [1.165, 1.54) is 0 Å². The molecule has 7 nitrogen and oxygen atoms in total. The SMILES string of the molecule is C[C@H](Cn1ccnc1)NC(=O)NC[C@H](C)N1CCOCC1. The molecular weight excluding hydrogens is 270 g/mol. The Bertz CT molecular complexity index is 417. The highest BCUT2D eigenvalue weighted by Gasteiger charge is 2.17. The maximum atomic E-state index is 11.9. The molecule has 2 rings (SSSR count). The van der Waals surface area contributed by atoms with Crippen LogP contribution in [0.3, 0.4) is 0 Å². The molecule has 0 radical (unpaired) electrons. The fourth-order valence-electron chi connectivity index (χ4n) is 2.42. The van der Waals surface area contributed by atoms with Crippen LogP contribution < -0.4 is 10.6 Å². The van der Waals surface area contributed by atoms with Gasteiger partial charge in [0, 0.05) is 50.7 Å². The van der Waals surface area contributed by atoms with E-state index in [1.807, 2.05) is 17.7 Å². The van der Waals surface area contributed by atoms with Gasteiger partial charge >= 0.3 is 6.03 Å². The van der Waals surface area contributed by atoms with E-state index in [1.54, 1.807) is 12.5 Å². The second kappa shape index (κ2) is 7.99. The number of rotatable bonds is 6. The summed E-state index contributed by atoms with van der Waals surface area (Å²) in [6.07, 6.45) is 5.37. The monoisotopic (exact) mass is 295 g/mol. The topological polar surface area (TPSA) is 71.4 Å². The molecule has 1 fully saturated rings. The molecule has 2 atom stereocenters. The molecule has 0 unspecified atom stereocenters. The number of carbonyl (C=O) groups is 1. The third-order valence-electron chi connectivity index (χ3n) is 3.65. The zero-order valence-corrected chi connectivity index (χ0v) is 12.8. The highest BCUT2D eigenvalue weighted by Crippen LogP contribution is 2.02. The standard InChI is InChI=1S/C14H25N5O2/c1-12(10-18-4-3-15-11-18)17-14(20)16-9-13(2)19-5-7-21-8-6-19/h3-4,11-13H,5-10H2,1-2H3,(H2,16,17,20)/t12-,13+/m1/s1. The summed E-state index contributed by atoms with van der Waals surface area (Å²) in [7, 11) is 0. The molecule has 0 spiro atoms. The fraction of sp³-hybridized carbons (Fsp3) is 0.714. The molecule has 0 aliphatic carbocycles. The zero-order valence-electron chi connectivity index (χ0n) is 12.8. The molecule has 2 N–H and O–H groups in total. The minimum absolute atomic E-state index is 0.0536. The normalized spacial score (nSPS) is 19.0. The lowest BCUT2D eigenvalue weighted by Crippen LogP contribution is -2.50. The van der Waals surface area contributed by atoms with Gasteiger partial charge in [0.25, 0.3) is 0 Å². The number of nitrogens with one attached hydrogen (secondary N) is 2. The highest BCUT2D eigenvalue weighted by molar-refractivity contribution is 5.74. The maximum absolute atomic E-state index is 11.9. The van der Waals surface area contributed by atoms with E-state index in [0.29, 0.717) is 19.1 Å². The molecular formula is C14H25N5O2. The van der Waals surface area contributed by atoms with Gasteiger partial charge in [0.1, 0.15) is 0 Å². The molecule has 1 aliphatic heterocycles. The van der Waals surface area contributed by atoms with Crippen LogP contribution in [0.1, 0.15) is 13.8 Å². The Morgan fingerprint density at radius 1 is 1.38 bits per heavy atom. The average Bonchev–Trinajstić information content (AvgIpc) is 2.98. The molecule has 1 aromatic heterocycles. The van der Waals surface area contributed by atoms with E-state index in [0.717, 1.165) is 26.3 Å². The largest absolute Gasteiger partial charge is 0.379 e. The Labute approximate surface area is 125 Å². The van der Waals surface area contributed by atoms with Crippen LogP contribution in [0.15, 0.2) is 18.7 Å². The summed E-state index contributed by atoms with van der Waals surface area (Å²) in [5, 5.41) is 5.87. The van der Waals surface area contributed by atoms with Crippen LogP contribution in [0, 0.1) is 0 Å². The lowest BCUT2D eigenvalue weighted by atomic mass is 10.2. The summed E-state index contributed by atoms with van der Waals surface area (Å²) in [4.78, 5) is 18.2. The Morgan fingerprint density at radius 2 is 2.14 bits per heavy atom. The van der Waals surface area contributed by atoms with Crippen molar-refractivity contribution in [1.82, 2.24) is 25.1 Å². The van der Waals surface area contributed by atoms with Gasteiger partial charge in [-0.25, -0.2) is 9.78 Å². The van der Waals surface area contributed by atoms with E-state index in [9.17, 15) is 4.79 Å². The minimum Gasteiger partial charge on any atom is -0.379 e. The third-order valence-corrected chi connectivity index (χ3v) is 3.65. The number of aromatic nitrogens is 2. The van der Waals surface area contributed by atoms with E-state index in [-0.39, 0.29) is 12.1 Å². The second-order valence-electron chi connectivity index (χ2n) is 5.51. The van der Waals surface area contributed by atoms with Crippen LogP contribution in [0.25, 0.3) is 0 Å². The van der Waals surface area contributed by atoms with Gasteiger partial charge in [-0.05, 0) is 13.8 Å². The van der Waals surface area contributed by atoms with E-state index >= 15 is 0 Å². The summed E-state index contributed by atoms with van der Waals surface area (Å²) in [5.41, 5.74) is 0. The van der Waals surface area contributed by atoms with Gasteiger partial charge < -0.3 is 19.9 Å². The predicted octanol–water partition coefficient (Wildman–Crippen LogP) is 0.292. The Balaban J connectivity index is 1.64. The quantitative estimate of drug-likeness (QED) is 0.791. The van der Waals surface area contributed by atoms with Crippen molar-refractivity contribution in [2.75, 3.05) is 32.8 Å². The molecule has 0 bridgehead atoms. The number of hydrogen-bond donors (Lipinski definition) is 2. The molecule has 2 heterocycles. The number of carbonyl (C=O) groups excluding carboxylic acids is 1. The number of morpholine rings is 1. The van der Waals surface area contributed by atoms with Gasteiger partial charge in [0.05, 0.1) is 19.5 Å². The molecule has 21 heavy (non-hydrogen) atoms. The molecule has 1 aliphatic rings. The van der Waals surface area contributed by atoms with Crippen LogP contribution >= 0.6 is 0 Å². The zero-order chi connectivity index (χ0) is 15.1. The molecule has 2 amide bonds. The predicted molar refractivity (Wildman–Crippen MR) is 80.1 cm³/mol. The van der Waals surface area contributed by atoms with E-state index < -0.39 is 0 Å². The Kier molecular flexibility index (Phi) is 6.01. The molecule has 118 valence electrons. The van der Waals surface area contributed by atoms with E-state index in [4.69, 9.17) is 4.74 Å². The van der Waals surface area contributed by atoms with Crippen molar-refractivity contribution >= 4 is 6.03 Å². The number of amides is 2. The molecule has 1 saturated heterocycles. The summed E-state index contributed by atoms with van der Waals surface area (Å²) in [6, 6.07) is 0.254. The van der Waals surface area contributed by atoms with Crippen LogP contribution in [0.2, 0.25) is 0 Å². The fourth-order valence-corrected chi connectivity index (χ4v) is 2.42. The van der Waals surface area contributed by atoms with Crippen LogP contribution in [0.4, 0.5) is 4.79 Å². The lowest BCUT2D eigenvalue weighted by Gasteiger charge is -2.32. The molecule has 0 saturated carbocycles. The number of urea groups is 1. The van der Waals surface area contributed by atoms with Crippen molar-refractivity contribution in [3.8, 4) is 0 Å². The lowest BCUT2D eigenvalue weighted by molar-refractivity contribution is 0.0209. The van der Waals surface area contributed by atoms with Gasteiger partial charge in [-0.15, -0.1) is 0 Å². The van der Waals surface area contributed by atoms with Crippen molar-refractivity contribution in [1.29, 1.82) is 0 Å². The first-order valence-electron chi connectivity index (χ1n) is 7.47. The van der Waals surface area contributed by atoms with E-state index in [2.05, 4.69) is 27.4 Å². The van der Waals surface area contributed by atoms with Gasteiger partial charge in [-0.2, -0.15) is 0 Å². The Morgan fingerprint density at radius 3 is 2.81 bits per heavy atom. The first kappa shape index (κ1) is 15.8. The summed E-state index contributed by atoms with van der Waals surface area (Å²) < 4.78 is 7.27. The first-order valence-corrected chi connectivity index (χ1v) is 7.47. The second-order valence-corrected chi connectivity index (χ2v) is 5.51. The maximum Gasteiger partial charge on any atom is 0.315 e. The van der Waals surface area contributed by atoms with Crippen molar-refractivity contribution in [2.45, 2.75) is 32.5 Å². The van der Waals surface area contributed by atoms with Crippen LogP contribution in [0.5, 0.6) is 0 Å². The van der Waals surface area contributed by atoms with Crippen molar-refractivity contribution in [3.05, 3.63) is 18.7 Å². The number of nitrogens with zero attached hydrogens (tertiary/aromatic N) is 3. The van der Waals surface area contributed by atoms with Gasteiger partial charge in [0.15, 0.2) is 0 Å². The molecule has 1 aromatic rings. The van der Waals surface area contributed by atoms with Crippen LogP contribution in [-0.4, -0.2) is 65.4 Å². The Hall–Kier alpha value is -1.60. The smallest absolute Gasteiger partial charge is 0.315 e. The van der Waals surface area contributed by atoms with Crippen molar-refractivity contribution < 1.29 is 9.53 Å². The highest BCUT2D eigenvalue weighted by atomic mass is 16.5. The summed E-state index contributed by atoms with van der Waals surface area (Å²) in [5.74, 6) is 0. The average molecular weight is 295 g/mol. The van der Waals surface area contributed by atoms with Gasteiger partial charge in [-0.3, -0.25) is 4.90 Å². The third kappa shape index (κ3) is 5.35. The van der Waals surface area contributed by atoms with Crippen LogP contribution in [-0.2, 0) is 11.3 Å². The van der Waals surface area contributed by atoms with Crippen molar-refractivity contribution in [2.24, 2.45) is 0 Å². The van der Waals surface area contributed by atoms with Crippen molar-refractivity contribution in [3.63, 3.8) is 0 Å². The molecule has 0 aromatic carbocycles. The van der Waals surface area contributed by atoms with Gasteiger partial charge in [0.2, 0.25) is 0 Å². The van der Waals surface area contributed by atoms with Gasteiger partial charge in [-0.1, -0.05) is 0 Å². The number of imidazole rings is 1. The minimum atomic E-state index is -0.122. The number of hydrogen-bond acceptors (Lipinski definition) is 4. The summed E-state index contributed by atoms with van der Waals surface area (Å²) in [6.45, 7) is 8.88.